The molecular formula is C14H13FO2S. The van der Waals surface area contributed by atoms with E-state index in [0.29, 0.717) is 10.5 Å². The second-order valence-corrected chi connectivity index (χ2v) is 5.45. The Kier molecular flexibility index (Phi) is 3.89. The van der Waals surface area contributed by atoms with Crippen molar-refractivity contribution in [3.63, 3.8) is 0 Å². The summed E-state index contributed by atoms with van der Waals surface area (Å²) in [5, 5.41) is 9.02. The summed E-state index contributed by atoms with van der Waals surface area (Å²) in [6.07, 6.45) is 0. The lowest BCUT2D eigenvalue weighted by Crippen LogP contribution is -1.98. The van der Waals surface area contributed by atoms with Crippen molar-refractivity contribution in [2.45, 2.75) is 23.3 Å². The molecule has 2 aromatic rings. The Hall–Kier alpha value is -1.52. The number of aliphatic hydroxyl groups excluding tert-OH is 1. The summed E-state index contributed by atoms with van der Waals surface area (Å²) in [4.78, 5) is 0.653. The minimum Gasteiger partial charge on any atom is -0.392 e. The van der Waals surface area contributed by atoms with Gasteiger partial charge in [0.2, 0.25) is 0 Å². The van der Waals surface area contributed by atoms with Crippen LogP contribution in [0.2, 0.25) is 0 Å². The van der Waals surface area contributed by atoms with Crippen molar-refractivity contribution >= 4 is 10.8 Å². The molecule has 0 fully saturated rings. The standard InChI is InChI=1S/C14H13FO2S/c1-10-2-5-12(6-3-10)18(17)14-8-11(9-16)4-7-13(14)15/h2-8,16H,9H2,1H3. The zero-order valence-electron chi connectivity index (χ0n) is 9.89. The second-order valence-electron chi connectivity index (χ2n) is 4.00. The van der Waals surface area contributed by atoms with E-state index < -0.39 is 16.6 Å². The Labute approximate surface area is 108 Å². The van der Waals surface area contributed by atoms with Gasteiger partial charge in [0, 0.05) is 4.90 Å². The van der Waals surface area contributed by atoms with Crippen molar-refractivity contribution in [1.29, 1.82) is 0 Å². The van der Waals surface area contributed by atoms with Crippen LogP contribution in [0.3, 0.4) is 0 Å². The minimum absolute atomic E-state index is 0.102. The first kappa shape index (κ1) is 12.9. The Morgan fingerprint density at radius 2 is 1.83 bits per heavy atom. The van der Waals surface area contributed by atoms with Crippen molar-refractivity contribution in [1.82, 2.24) is 0 Å². The maximum Gasteiger partial charge on any atom is 0.139 e. The average Bonchev–Trinajstić information content (AvgIpc) is 2.39. The van der Waals surface area contributed by atoms with Crippen LogP contribution in [-0.4, -0.2) is 9.32 Å². The number of aliphatic hydroxyl groups is 1. The first-order chi connectivity index (χ1) is 8.61. The molecule has 18 heavy (non-hydrogen) atoms. The van der Waals surface area contributed by atoms with Gasteiger partial charge in [-0.1, -0.05) is 23.8 Å². The van der Waals surface area contributed by atoms with E-state index in [1.807, 2.05) is 19.1 Å². The van der Waals surface area contributed by atoms with E-state index in [1.165, 1.54) is 18.2 Å². The summed E-state index contributed by atoms with van der Waals surface area (Å²) in [5.41, 5.74) is 1.60. The van der Waals surface area contributed by atoms with Gasteiger partial charge in [-0.15, -0.1) is 0 Å². The maximum absolute atomic E-state index is 13.6. The number of hydrogen-bond donors (Lipinski definition) is 1. The summed E-state index contributed by atoms with van der Waals surface area (Å²) >= 11 is 0. The molecular weight excluding hydrogens is 251 g/mol. The molecule has 0 heterocycles. The Morgan fingerprint density at radius 1 is 1.17 bits per heavy atom. The van der Waals surface area contributed by atoms with Gasteiger partial charge in [-0.3, -0.25) is 0 Å². The molecule has 0 aliphatic heterocycles. The maximum atomic E-state index is 13.6. The molecule has 94 valence electrons. The lowest BCUT2D eigenvalue weighted by Gasteiger charge is -2.06. The SMILES string of the molecule is Cc1ccc(S(=O)c2cc(CO)ccc2F)cc1. The summed E-state index contributed by atoms with van der Waals surface area (Å²) in [6, 6.07) is 11.2. The summed E-state index contributed by atoms with van der Waals surface area (Å²) < 4.78 is 25.9. The monoisotopic (exact) mass is 264 g/mol. The van der Waals surface area contributed by atoms with Gasteiger partial charge >= 0.3 is 0 Å². The molecule has 1 unspecified atom stereocenters. The number of benzene rings is 2. The van der Waals surface area contributed by atoms with Crippen molar-refractivity contribution in [3.05, 3.63) is 59.4 Å². The predicted molar refractivity (Wildman–Crippen MR) is 68.2 cm³/mol. The van der Waals surface area contributed by atoms with Gasteiger partial charge in [0.05, 0.1) is 22.3 Å². The van der Waals surface area contributed by atoms with Crippen LogP contribution in [0.15, 0.2) is 52.3 Å². The van der Waals surface area contributed by atoms with Gasteiger partial charge in [0.25, 0.3) is 0 Å². The third-order valence-corrected chi connectivity index (χ3v) is 4.03. The van der Waals surface area contributed by atoms with E-state index in [0.717, 1.165) is 5.56 Å². The molecule has 1 N–H and O–H groups in total. The van der Waals surface area contributed by atoms with Crippen LogP contribution in [0.5, 0.6) is 0 Å². The predicted octanol–water partition coefficient (Wildman–Crippen LogP) is 2.79. The molecule has 0 saturated heterocycles. The van der Waals surface area contributed by atoms with E-state index in [1.54, 1.807) is 12.1 Å². The fourth-order valence-corrected chi connectivity index (χ4v) is 2.72. The van der Waals surface area contributed by atoms with Gasteiger partial charge in [0.15, 0.2) is 0 Å². The Bertz CT molecular complexity index is 579. The molecule has 0 aliphatic rings. The van der Waals surface area contributed by atoms with E-state index in [4.69, 9.17) is 5.11 Å². The smallest absolute Gasteiger partial charge is 0.139 e. The van der Waals surface area contributed by atoms with Gasteiger partial charge < -0.3 is 5.11 Å². The van der Waals surface area contributed by atoms with E-state index in [2.05, 4.69) is 0 Å². The van der Waals surface area contributed by atoms with Crippen molar-refractivity contribution in [3.8, 4) is 0 Å². The highest BCUT2D eigenvalue weighted by Crippen LogP contribution is 2.21. The van der Waals surface area contributed by atoms with Crippen LogP contribution in [0.25, 0.3) is 0 Å². The summed E-state index contributed by atoms with van der Waals surface area (Å²) in [6.45, 7) is 1.73. The van der Waals surface area contributed by atoms with E-state index in [-0.39, 0.29) is 11.5 Å². The topological polar surface area (TPSA) is 37.3 Å². The van der Waals surface area contributed by atoms with Crippen LogP contribution >= 0.6 is 0 Å². The Morgan fingerprint density at radius 3 is 2.44 bits per heavy atom. The molecule has 0 aromatic heterocycles. The molecule has 4 heteroatoms. The normalized spacial score (nSPS) is 12.4. The molecule has 2 aromatic carbocycles. The van der Waals surface area contributed by atoms with Crippen molar-refractivity contribution in [2.75, 3.05) is 0 Å². The molecule has 0 radical (unpaired) electrons. The number of aryl methyl sites for hydroxylation is 1. The molecule has 0 amide bonds. The van der Waals surface area contributed by atoms with Crippen LogP contribution in [0, 0.1) is 12.7 Å². The summed E-state index contributed by atoms with van der Waals surface area (Å²) in [7, 11) is -1.56. The number of hydrogen-bond acceptors (Lipinski definition) is 2. The van der Waals surface area contributed by atoms with Gasteiger partial charge in [0.1, 0.15) is 5.82 Å². The third-order valence-electron chi connectivity index (χ3n) is 2.61. The zero-order chi connectivity index (χ0) is 13.1. The molecule has 2 nitrogen and oxygen atoms in total. The third kappa shape index (κ3) is 2.66. The van der Waals surface area contributed by atoms with Crippen LogP contribution in [0.4, 0.5) is 4.39 Å². The van der Waals surface area contributed by atoms with Crippen molar-refractivity contribution in [2.24, 2.45) is 0 Å². The molecule has 0 saturated carbocycles. The molecule has 1 atom stereocenters. The molecule has 0 aliphatic carbocycles. The van der Waals surface area contributed by atoms with Crippen LogP contribution in [-0.2, 0) is 17.4 Å². The summed E-state index contributed by atoms with van der Waals surface area (Å²) in [5.74, 6) is -0.522. The lowest BCUT2D eigenvalue weighted by molar-refractivity contribution is 0.281. The number of rotatable bonds is 3. The van der Waals surface area contributed by atoms with E-state index in [9.17, 15) is 8.60 Å². The van der Waals surface area contributed by atoms with Crippen LogP contribution < -0.4 is 0 Å². The molecule has 0 bridgehead atoms. The fraction of sp³-hybridized carbons (Fsp3) is 0.143. The highest BCUT2D eigenvalue weighted by molar-refractivity contribution is 7.85. The zero-order valence-corrected chi connectivity index (χ0v) is 10.7. The minimum atomic E-state index is -1.56. The molecule has 2 rings (SSSR count). The first-order valence-corrected chi connectivity index (χ1v) is 6.64. The fourth-order valence-electron chi connectivity index (χ4n) is 1.58. The van der Waals surface area contributed by atoms with Gasteiger partial charge in [-0.25, -0.2) is 8.60 Å². The first-order valence-electron chi connectivity index (χ1n) is 5.49. The van der Waals surface area contributed by atoms with E-state index >= 15 is 0 Å². The lowest BCUT2D eigenvalue weighted by atomic mass is 10.2. The van der Waals surface area contributed by atoms with Crippen molar-refractivity contribution < 1.29 is 13.7 Å². The van der Waals surface area contributed by atoms with Crippen LogP contribution in [0.1, 0.15) is 11.1 Å². The van der Waals surface area contributed by atoms with Gasteiger partial charge in [-0.2, -0.15) is 0 Å². The second kappa shape index (κ2) is 5.42. The average molecular weight is 264 g/mol. The molecule has 0 spiro atoms. The largest absolute Gasteiger partial charge is 0.392 e. The quantitative estimate of drug-likeness (QED) is 0.925. The highest BCUT2D eigenvalue weighted by atomic mass is 32.2. The highest BCUT2D eigenvalue weighted by Gasteiger charge is 2.12. The number of halogens is 1. The Balaban J connectivity index is 2.42. The van der Waals surface area contributed by atoms with Gasteiger partial charge in [-0.05, 0) is 36.8 Å².